The summed E-state index contributed by atoms with van der Waals surface area (Å²) in [6, 6.07) is 13.3. The number of amides is 2. The lowest BCUT2D eigenvalue weighted by Gasteiger charge is -2.17. The summed E-state index contributed by atoms with van der Waals surface area (Å²) in [4.78, 5) is 26.5. The Balaban J connectivity index is 0.00000243. The summed E-state index contributed by atoms with van der Waals surface area (Å²) in [5.74, 6) is -0.0388. The van der Waals surface area contributed by atoms with Crippen molar-refractivity contribution in [2.45, 2.75) is 26.2 Å². The molecule has 0 radical (unpaired) electrons. The van der Waals surface area contributed by atoms with Crippen molar-refractivity contribution < 1.29 is 9.59 Å². The number of nitrogen functional groups attached to an aromatic ring is 1. The Hall–Kier alpha value is -2.53. The second-order valence-corrected chi connectivity index (χ2v) is 6.36. The average Bonchev–Trinajstić information content (AvgIpc) is 3.04. The normalized spacial score (nSPS) is 12.3. The number of nitrogens with two attached hydrogens (primary N) is 1. The largest absolute Gasteiger partial charge is 0.399 e. The van der Waals surface area contributed by atoms with E-state index < -0.39 is 0 Å². The standard InChI is InChI=1S/C20H23N3O2.ClH/c1-14-8-9-16(21)13-17(14)20(25)22-11-4-7-19(24)23-12-10-15-5-2-3-6-18(15)23;/h2-3,5-6,8-9,13H,4,7,10-12,21H2,1H3,(H,22,25);1H. The number of anilines is 2. The van der Waals surface area contributed by atoms with Gasteiger partial charge in [-0.25, -0.2) is 0 Å². The highest BCUT2D eigenvalue weighted by Gasteiger charge is 2.23. The lowest BCUT2D eigenvalue weighted by atomic mass is 10.1. The van der Waals surface area contributed by atoms with Crippen LogP contribution in [-0.4, -0.2) is 24.9 Å². The number of nitrogens with zero attached hydrogens (tertiary/aromatic N) is 1. The molecule has 0 bridgehead atoms. The molecule has 0 saturated carbocycles. The van der Waals surface area contributed by atoms with Crippen LogP contribution in [0.5, 0.6) is 0 Å². The number of hydrogen-bond acceptors (Lipinski definition) is 3. The van der Waals surface area contributed by atoms with Gasteiger partial charge in [0, 0.05) is 36.4 Å². The van der Waals surface area contributed by atoms with Crippen molar-refractivity contribution >= 4 is 35.6 Å². The first kappa shape index (κ1) is 19.8. The number of carbonyl (C=O) groups excluding carboxylic acids is 2. The van der Waals surface area contributed by atoms with Crippen molar-refractivity contribution in [3.63, 3.8) is 0 Å². The van der Waals surface area contributed by atoms with Gasteiger partial charge >= 0.3 is 0 Å². The van der Waals surface area contributed by atoms with Gasteiger partial charge in [-0.3, -0.25) is 9.59 Å². The molecular formula is C20H24ClN3O2. The predicted molar refractivity (Wildman–Crippen MR) is 107 cm³/mol. The first-order valence-corrected chi connectivity index (χ1v) is 8.59. The number of para-hydroxylation sites is 1. The van der Waals surface area contributed by atoms with Crippen LogP contribution in [0.15, 0.2) is 42.5 Å². The molecule has 0 aliphatic carbocycles. The number of hydrogen-bond donors (Lipinski definition) is 2. The molecule has 26 heavy (non-hydrogen) atoms. The summed E-state index contributed by atoms with van der Waals surface area (Å²) in [7, 11) is 0. The summed E-state index contributed by atoms with van der Waals surface area (Å²) in [5, 5.41) is 2.87. The number of carbonyl (C=O) groups is 2. The van der Waals surface area contributed by atoms with E-state index in [1.165, 1.54) is 5.56 Å². The van der Waals surface area contributed by atoms with Crippen LogP contribution in [0, 0.1) is 6.92 Å². The molecule has 1 heterocycles. The summed E-state index contributed by atoms with van der Waals surface area (Å²) >= 11 is 0. The summed E-state index contributed by atoms with van der Waals surface area (Å²) < 4.78 is 0. The lowest BCUT2D eigenvalue weighted by molar-refractivity contribution is -0.118. The second kappa shape index (κ2) is 8.72. The zero-order valence-electron chi connectivity index (χ0n) is 14.8. The van der Waals surface area contributed by atoms with Gasteiger partial charge in [-0.1, -0.05) is 24.3 Å². The number of fused-ring (bicyclic) bond motifs is 1. The van der Waals surface area contributed by atoms with Crippen molar-refractivity contribution in [3.05, 3.63) is 59.2 Å². The minimum atomic E-state index is -0.149. The van der Waals surface area contributed by atoms with Crippen LogP contribution >= 0.6 is 12.4 Å². The molecule has 3 N–H and O–H groups in total. The smallest absolute Gasteiger partial charge is 0.251 e. The van der Waals surface area contributed by atoms with Crippen molar-refractivity contribution in [2.24, 2.45) is 0 Å². The predicted octanol–water partition coefficient (Wildman–Crippen LogP) is 3.10. The van der Waals surface area contributed by atoms with E-state index in [-0.39, 0.29) is 24.2 Å². The van der Waals surface area contributed by atoms with Crippen molar-refractivity contribution in [1.82, 2.24) is 5.32 Å². The Morgan fingerprint density at radius 3 is 2.77 bits per heavy atom. The Morgan fingerprint density at radius 2 is 1.96 bits per heavy atom. The fourth-order valence-corrected chi connectivity index (χ4v) is 3.15. The molecule has 5 nitrogen and oxygen atoms in total. The van der Waals surface area contributed by atoms with Gasteiger partial charge in [0.2, 0.25) is 5.91 Å². The van der Waals surface area contributed by atoms with E-state index in [0.29, 0.717) is 30.6 Å². The van der Waals surface area contributed by atoms with Crippen LogP contribution in [0.25, 0.3) is 0 Å². The van der Waals surface area contributed by atoms with Gasteiger partial charge in [0.25, 0.3) is 5.91 Å². The summed E-state index contributed by atoms with van der Waals surface area (Å²) in [6.45, 7) is 3.09. The van der Waals surface area contributed by atoms with Crippen LogP contribution in [0.2, 0.25) is 0 Å². The SMILES string of the molecule is Cc1ccc(N)cc1C(=O)NCCCC(=O)N1CCc2ccccc21.Cl. The Bertz CT molecular complexity index is 807. The van der Waals surface area contributed by atoms with E-state index in [0.717, 1.165) is 24.2 Å². The molecule has 2 aromatic carbocycles. The molecule has 2 amide bonds. The Kier molecular flexibility index (Phi) is 6.64. The summed E-state index contributed by atoms with van der Waals surface area (Å²) in [6.07, 6.45) is 1.95. The maximum Gasteiger partial charge on any atom is 0.251 e. The molecule has 138 valence electrons. The average molecular weight is 374 g/mol. The molecule has 1 aliphatic heterocycles. The van der Waals surface area contributed by atoms with Crippen LogP contribution in [0.1, 0.15) is 34.3 Å². The Labute approximate surface area is 160 Å². The van der Waals surface area contributed by atoms with Crippen LogP contribution in [0.3, 0.4) is 0 Å². The van der Waals surface area contributed by atoms with E-state index in [1.807, 2.05) is 36.1 Å². The molecule has 3 rings (SSSR count). The molecule has 0 saturated heterocycles. The monoisotopic (exact) mass is 373 g/mol. The Morgan fingerprint density at radius 1 is 1.19 bits per heavy atom. The zero-order chi connectivity index (χ0) is 17.8. The third-order valence-electron chi connectivity index (χ3n) is 4.55. The first-order valence-electron chi connectivity index (χ1n) is 8.59. The van der Waals surface area contributed by atoms with Crippen LogP contribution < -0.4 is 16.0 Å². The fourth-order valence-electron chi connectivity index (χ4n) is 3.15. The van der Waals surface area contributed by atoms with Crippen LogP contribution in [-0.2, 0) is 11.2 Å². The van der Waals surface area contributed by atoms with Gasteiger partial charge in [0.1, 0.15) is 0 Å². The number of aryl methyl sites for hydroxylation is 1. The molecule has 6 heteroatoms. The van der Waals surface area contributed by atoms with Crippen molar-refractivity contribution in [3.8, 4) is 0 Å². The van der Waals surface area contributed by atoms with E-state index >= 15 is 0 Å². The van der Waals surface area contributed by atoms with Crippen LogP contribution in [0.4, 0.5) is 11.4 Å². The van der Waals surface area contributed by atoms with E-state index in [4.69, 9.17) is 5.73 Å². The maximum absolute atomic E-state index is 12.4. The molecule has 0 fully saturated rings. The number of benzene rings is 2. The molecular weight excluding hydrogens is 350 g/mol. The quantitative estimate of drug-likeness (QED) is 0.624. The van der Waals surface area contributed by atoms with Gasteiger partial charge in [-0.2, -0.15) is 0 Å². The van der Waals surface area contributed by atoms with Gasteiger partial charge in [-0.15, -0.1) is 12.4 Å². The summed E-state index contributed by atoms with van der Waals surface area (Å²) in [5.41, 5.74) is 10.0. The van der Waals surface area contributed by atoms with E-state index in [2.05, 4.69) is 11.4 Å². The lowest BCUT2D eigenvalue weighted by Crippen LogP contribution is -2.30. The highest BCUT2D eigenvalue weighted by atomic mass is 35.5. The minimum absolute atomic E-state index is 0. The molecule has 2 aromatic rings. The molecule has 0 aromatic heterocycles. The van der Waals surface area contributed by atoms with E-state index in [1.54, 1.807) is 12.1 Å². The number of halogens is 1. The third-order valence-corrected chi connectivity index (χ3v) is 4.55. The van der Waals surface area contributed by atoms with Gasteiger partial charge in [-0.05, 0) is 49.1 Å². The van der Waals surface area contributed by atoms with Crippen molar-refractivity contribution in [1.29, 1.82) is 0 Å². The molecule has 0 atom stereocenters. The third kappa shape index (κ3) is 4.35. The maximum atomic E-state index is 12.4. The number of rotatable bonds is 5. The van der Waals surface area contributed by atoms with Gasteiger partial charge in [0.05, 0.1) is 0 Å². The van der Waals surface area contributed by atoms with E-state index in [9.17, 15) is 9.59 Å². The number of nitrogens with one attached hydrogen (secondary N) is 1. The van der Waals surface area contributed by atoms with Gasteiger partial charge < -0.3 is 16.0 Å². The first-order chi connectivity index (χ1) is 12.1. The highest BCUT2D eigenvalue weighted by Crippen LogP contribution is 2.27. The molecule has 1 aliphatic rings. The molecule has 0 spiro atoms. The zero-order valence-corrected chi connectivity index (χ0v) is 15.6. The minimum Gasteiger partial charge on any atom is -0.399 e. The topological polar surface area (TPSA) is 75.4 Å². The molecule has 0 unspecified atom stereocenters. The van der Waals surface area contributed by atoms with Crippen molar-refractivity contribution in [2.75, 3.05) is 23.7 Å². The highest BCUT2D eigenvalue weighted by molar-refractivity contribution is 5.97. The van der Waals surface area contributed by atoms with Gasteiger partial charge in [0.15, 0.2) is 0 Å². The second-order valence-electron chi connectivity index (χ2n) is 6.36. The fraction of sp³-hybridized carbons (Fsp3) is 0.300.